The van der Waals surface area contributed by atoms with Crippen LogP contribution < -0.4 is 54.5 Å². The first kappa shape index (κ1) is 128. The Labute approximate surface area is 841 Å². The molecule has 146 heavy (non-hydrogen) atoms. The molecule has 0 unspecified atom stereocenters. The molecule has 0 saturated carbocycles. The largest absolute Gasteiger partial charge is 0.560 e. The number of hydrogen-bond donors (Lipinski definition) is 13. The lowest BCUT2D eigenvalue weighted by Crippen LogP contribution is -2.60. The molecule has 3 aliphatic rings. The Morgan fingerprint density at radius 2 is 0.507 bits per heavy atom. The van der Waals surface area contributed by atoms with E-state index in [-0.39, 0.29) is 245 Å². The van der Waals surface area contributed by atoms with Crippen molar-refractivity contribution in [1.82, 2.24) is 58.2 Å². The Morgan fingerprint density at radius 1 is 0.301 bits per heavy atom. The molecule has 3 aliphatic heterocycles. The number of nitrogens with one attached hydrogen (secondary N) is 8. The minimum atomic E-state index is -1.48. The summed E-state index contributed by atoms with van der Waals surface area (Å²) in [4.78, 5) is 230. The zero-order chi connectivity index (χ0) is 109. The highest BCUT2D eigenvalue weighted by molar-refractivity contribution is 6.03. The Morgan fingerprint density at radius 3 is 0.726 bits per heavy atom. The summed E-state index contributed by atoms with van der Waals surface area (Å²) in [5.41, 5.74) is 21.0. The van der Waals surface area contributed by atoms with E-state index >= 15 is 0 Å². The molecule has 0 aliphatic carbocycles. The van der Waals surface area contributed by atoms with Crippen LogP contribution in [0.2, 0.25) is 0 Å². The van der Waals surface area contributed by atoms with Crippen LogP contribution in [-0.2, 0) is 184 Å². The number of urea groups is 2. The molecule has 3 fully saturated rings. The molecule has 7 rings (SSSR count). The van der Waals surface area contributed by atoms with Crippen LogP contribution in [0.4, 0.5) is 19.2 Å². The maximum atomic E-state index is 12.8. The van der Waals surface area contributed by atoms with Crippen molar-refractivity contribution in [2.24, 2.45) is 11.5 Å². The van der Waals surface area contributed by atoms with E-state index in [1.165, 1.54) is 70.2 Å². The molecule has 0 spiro atoms. The number of aryl methyl sites for hydroxylation is 4. The molecule has 14 amide bonds. The van der Waals surface area contributed by atoms with Gasteiger partial charge in [-0.25, -0.2) is 30.8 Å². The predicted molar refractivity (Wildman–Crippen MR) is 501 cm³/mol. The highest BCUT2D eigenvalue weighted by Gasteiger charge is 2.40. The molecule has 53 nitrogen and oxygen atoms in total. The third-order valence-electron chi connectivity index (χ3n) is 19.6. The molecule has 15 N–H and O–H groups in total. The summed E-state index contributed by atoms with van der Waals surface area (Å²) in [6, 6.07) is 30.0. The van der Waals surface area contributed by atoms with Crippen LogP contribution in [0, 0.1) is 27.7 Å². The minimum Gasteiger partial charge on any atom is -0.469 e. The lowest BCUT2D eigenvalue weighted by molar-refractivity contribution is -0.198. The molecule has 0 atom stereocenters. The summed E-state index contributed by atoms with van der Waals surface area (Å²) in [5, 5.41) is 40.5. The number of carbonyl (C=O) groups excluding carboxylic acids is 19. The Hall–Kier alpha value is -13.9. The molecule has 0 bridgehead atoms. The Kier molecular flexibility index (Phi) is 64.9. The third kappa shape index (κ3) is 57.5. The van der Waals surface area contributed by atoms with Gasteiger partial charge in [-0.2, -0.15) is 4.79 Å². The van der Waals surface area contributed by atoms with Gasteiger partial charge >= 0.3 is 60.1 Å². The zero-order valence-electron chi connectivity index (χ0n) is 83.3. The number of esters is 6. The Balaban J connectivity index is 0.000000617. The average molecular weight is 2080 g/mol. The number of nitrogens with two attached hydrogens (primary N) is 2. The number of ether oxygens (including phenoxy) is 15. The first-order chi connectivity index (χ1) is 69.7. The second-order valence-corrected chi connectivity index (χ2v) is 31.9. The molecule has 3 saturated heterocycles. The van der Waals surface area contributed by atoms with Gasteiger partial charge in [-0.3, -0.25) is 97.2 Å². The van der Waals surface area contributed by atoms with Crippen LogP contribution in [0.1, 0.15) is 141 Å². The smallest absolute Gasteiger partial charge is 0.469 e. The number of imide groups is 3. The minimum absolute atomic E-state index is 0.0125. The lowest BCUT2D eigenvalue weighted by Gasteiger charge is -2.34. The van der Waals surface area contributed by atoms with E-state index in [0.717, 1.165) is 33.4 Å². The normalized spacial score (nSPS) is 12.4. The summed E-state index contributed by atoms with van der Waals surface area (Å²) in [6.07, 6.45) is -2.54. The molecule has 812 valence electrons. The summed E-state index contributed by atoms with van der Waals surface area (Å²) in [7, 11) is 7.70. The third-order valence-corrected chi connectivity index (χ3v) is 19.6. The number of amides is 14. The average Bonchev–Trinajstić information content (AvgIpc) is 1.55. The van der Waals surface area contributed by atoms with Crippen molar-refractivity contribution in [1.29, 1.82) is 0 Å². The highest BCUT2D eigenvalue weighted by atomic mass is 16.9. The van der Waals surface area contributed by atoms with Gasteiger partial charge in [0.05, 0.1) is 225 Å². The van der Waals surface area contributed by atoms with Crippen LogP contribution in [-0.4, -0.2) is 322 Å². The van der Waals surface area contributed by atoms with Crippen molar-refractivity contribution in [2.45, 2.75) is 167 Å². The number of hydroxylamine groups is 9. The second kappa shape index (κ2) is 74.0. The van der Waals surface area contributed by atoms with E-state index in [4.69, 9.17) is 69.7 Å². The van der Waals surface area contributed by atoms with E-state index in [0.29, 0.717) is 11.6 Å². The van der Waals surface area contributed by atoms with E-state index in [1.54, 1.807) is 0 Å². The maximum absolute atomic E-state index is 12.8. The van der Waals surface area contributed by atoms with Gasteiger partial charge in [0, 0.05) is 64.7 Å². The predicted octanol–water partition coefficient (Wildman–Crippen LogP) is 1.97. The van der Waals surface area contributed by atoms with Gasteiger partial charge in [-0.1, -0.05) is 129 Å². The maximum Gasteiger partial charge on any atom is 0.560 e. The fraction of sp³-hybridized carbons (Fsp3) is 0.538. The summed E-state index contributed by atoms with van der Waals surface area (Å²) >= 11 is 0. The second-order valence-electron chi connectivity index (χ2n) is 31.9. The molecule has 53 heteroatoms. The van der Waals surface area contributed by atoms with E-state index in [1.807, 2.05) is 93.6 Å². The van der Waals surface area contributed by atoms with Gasteiger partial charge in [-0.05, 0) is 49.9 Å². The molecular weight excluding hydrogens is 1940 g/mol. The topological polar surface area (TPSA) is 709 Å². The molecule has 0 aromatic heterocycles. The van der Waals surface area contributed by atoms with Crippen LogP contribution in [0.5, 0.6) is 0 Å². The van der Waals surface area contributed by atoms with E-state index < -0.39 is 130 Å². The van der Waals surface area contributed by atoms with Crippen LogP contribution in [0.3, 0.4) is 0 Å². The first-order valence-corrected chi connectivity index (χ1v) is 45.4. The number of methoxy groups -OCH3 is 6. The van der Waals surface area contributed by atoms with Crippen molar-refractivity contribution in [3.63, 3.8) is 0 Å². The first-order valence-electron chi connectivity index (χ1n) is 45.4. The number of nitrogens with zero attached hydrogens (tertiary/aromatic N) is 3. The van der Waals surface area contributed by atoms with Crippen molar-refractivity contribution in [2.75, 3.05) is 162 Å². The number of rotatable bonds is 57. The van der Waals surface area contributed by atoms with Gasteiger partial charge in [0.25, 0.3) is 35.4 Å². The van der Waals surface area contributed by atoms with Crippen LogP contribution >= 0.6 is 0 Å². The van der Waals surface area contributed by atoms with E-state index in [9.17, 15) is 91.1 Å². The standard InChI is InChI=1S/C25H38N2O10.C22H35N5O10.C16H29NO9.C13H14N2O4.C9H8N2O7.C8H11N/c1-19-5-7-20(8-6-19)15-26-24(31)27-25(16-35-12-9-21(28)32-2,17-36-13-10-22(29)33-3)18-37-14-11-23(30)34-4;1-16-2-4-17(5-3-16)12-23-21(31)24-22(13-35-9-6-18(28)25-32,14-36-10-7-19(29)26-33)15-37-11-8-20(30)27-34;1-21-13(18)4-7-24-10-16(17,11-25-8-5-14(19)22-2)12-26-9-6-15(20)23-3;1-9-2-4-10(5-3-9)8-14-13(18)19-15-11(16)6-7-12(15)17;12-5-1-2-6(13)10(5)17-9(16)18-11-7(14)3-4-8(11)15;1-7-2-4-8(6-9)5-3-7/h5-8H,9-18H2,1-4H3,(H2,26,27,31);2-5,32-34H,6-15H2,1H3,(H,25,28)(H,26,29)(H,27,30)(H2,23,24,31);4-12,17H2,1-3H3;2-5H,6-8H2,1H3,(H,14,18);1-4H2;2-5H,6,9H2,1H3. The summed E-state index contributed by atoms with van der Waals surface area (Å²) < 4.78 is 77.2. The van der Waals surface area contributed by atoms with Gasteiger partial charge in [0.2, 0.25) is 17.7 Å². The van der Waals surface area contributed by atoms with Crippen molar-refractivity contribution < 1.29 is 192 Å². The molecule has 0 radical (unpaired) electrons. The van der Waals surface area contributed by atoms with Gasteiger partial charge in [-0.15, -0.1) is 5.06 Å². The van der Waals surface area contributed by atoms with Crippen LogP contribution in [0.15, 0.2) is 97.1 Å². The van der Waals surface area contributed by atoms with Crippen LogP contribution in [0.25, 0.3) is 0 Å². The quantitative estimate of drug-likeness (QED) is 0.00750. The molecule has 4 aromatic carbocycles. The SMILES string of the molecule is COC(=O)CCOCC(COCCC(=O)OC)(COCCC(=O)OC)NC(=O)NCc1ccc(C)cc1.COC(=O)CCOCC(N)(COCCC(=O)OC)COCCC(=O)OC.Cc1ccc(CN)cc1.Cc1ccc(CNC(=O)NC(COCCC(=O)NO)(COCCC(=O)NO)COCCC(=O)NO)cc1.Cc1ccc(CNC(=O)ON2C(=O)CCC2=O)cc1.O=C(ON1C(=O)CCC1=O)ON1C(=O)CCC1=O. The van der Waals surface area contributed by atoms with Gasteiger partial charge in [0.15, 0.2) is 0 Å². The molecule has 4 aromatic rings. The van der Waals surface area contributed by atoms with Gasteiger partial charge < -0.3 is 114 Å². The fourth-order valence-corrected chi connectivity index (χ4v) is 11.4. The van der Waals surface area contributed by atoms with Crippen molar-refractivity contribution in [3.8, 4) is 0 Å². The van der Waals surface area contributed by atoms with Crippen molar-refractivity contribution in [3.05, 3.63) is 142 Å². The number of carbonyl (C=O) groups is 19. The number of benzene rings is 4. The van der Waals surface area contributed by atoms with E-state index in [2.05, 4.69) is 101 Å². The zero-order valence-corrected chi connectivity index (χ0v) is 83.3. The summed E-state index contributed by atoms with van der Waals surface area (Å²) in [5.74, 6) is -8.26. The molecule has 3 heterocycles. The lowest BCUT2D eigenvalue weighted by atomic mass is 10.0. The number of hydrogen-bond acceptors (Lipinski definition) is 42. The fourth-order valence-electron chi connectivity index (χ4n) is 11.4. The van der Waals surface area contributed by atoms with Gasteiger partial charge in [0.1, 0.15) is 11.1 Å². The highest BCUT2D eigenvalue weighted by Crippen LogP contribution is 2.20. The Bertz CT molecular complexity index is 4320. The monoisotopic (exact) mass is 2070 g/mol. The van der Waals surface area contributed by atoms with Crippen molar-refractivity contribution >= 4 is 113 Å². The summed E-state index contributed by atoms with van der Waals surface area (Å²) in [6.45, 7) is 8.82. The molecular formula is C93H135N13O40.